The van der Waals surface area contributed by atoms with Crippen molar-refractivity contribution in [2.45, 2.75) is 188 Å². The third-order valence-electron chi connectivity index (χ3n) is 6.75. The van der Waals surface area contributed by atoms with Crippen LogP contribution in [0.15, 0.2) is 0 Å². The average Bonchev–Trinajstić information content (AvgIpc) is 2.85. The lowest BCUT2D eigenvalue weighted by atomic mass is 10.0. The minimum absolute atomic E-state index is 0.0237. The topological polar surface area (TPSA) is 46.5 Å². The largest absolute Gasteiger partial charge is 0.466 e. The van der Waals surface area contributed by atoms with E-state index in [4.69, 9.17) is 9.84 Å². The fraction of sp³-hybridized carbons (Fsp3) is 0.969. The summed E-state index contributed by atoms with van der Waals surface area (Å²) in [6, 6.07) is 0. The van der Waals surface area contributed by atoms with Gasteiger partial charge in [0.1, 0.15) is 0 Å². The van der Waals surface area contributed by atoms with Gasteiger partial charge in [-0.15, -0.1) is 0 Å². The molecule has 0 fully saturated rings. The molecule has 3 heteroatoms. The Kier molecular flexibility index (Phi) is 37.2. The Hall–Kier alpha value is -0.570. The number of esters is 1. The van der Waals surface area contributed by atoms with Crippen LogP contribution >= 0.6 is 0 Å². The maximum atomic E-state index is 11.8. The molecule has 0 aromatic carbocycles. The number of aliphatic hydroxyl groups is 1. The van der Waals surface area contributed by atoms with Crippen molar-refractivity contribution in [1.82, 2.24) is 0 Å². The van der Waals surface area contributed by atoms with Crippen molar-refractivity contribution in [2.75, 3.05) is 13.2 Å². The fourth-order valence-electron chi connectivity index (χ4n) is 4.49. The summed E-state index contributed by atoms with van der Waals surface area (Å²) in [4.78, 5) is 11.8. The molecule has 0 aromatic rings. The van der Waals surface area contributed by atoms with E-state index in [2.05, 4.69) is 13.8 Å². The van der Waals surface area contributed by atoms with Crippen molar-refractivity contribution in [3.63, 3.8) is 0 Å². The standard InChI is InChI=1S/C30H60O2.C2H6O/c1-3-5-7-9-11-13-15-16-17-19-21-23-25-27-29-32-30(31)28-26-24-22-20-18-14-12-10-8-6-4-2;1-2-3/h3-29H2,1-2H3;3H,2H2,1H3. The van der Waals surface area contributed by atoms with Crippen LogP contribution in [0, 0.1) is 0 Å². The van der Waals surface area contributed by atoms with Gasteiger partial charge in [-0.3, -0.25) is 4.79 Å². The van der Waals surface area contributed by atoms with Crippen LogP contribution in [0.5, 0.6) is 0 Å². The van der Waals surface area contributed by atoms with Gasteiger partial charge in [-0.2, -0.15) is 0 Å². The molecule has 0 amide bonds. The third-order valence-corrected chi connectivity index (χ3v) is 6.75. The Morgan fingerprint density at radius 2 is 0.714 bits per heavy atom. The lowest BCUT2D eigenvalue weighted by molar-refractivity contribution is -0.143. The van der Waals surface area contributed by atoms with Crippen LogP contribution in [0.2, 0.25) is 0 Å². The van der Waals surface area contributed by atoms with Gasteiger partial charge in [0.05, 0.1) is 6.61 Å². The van der Waals surface area contributed by atoms with E-state index < -0.39 is 0 Å². The van der Waals surface area contributed by atoms with E-state index in [1.807, 2.05) is 0 Å². The van der Waals surface area contributed by atoms with Gasteiger partial charge < -0.3 is 9.84 Å². The van der Waals surface area contributed by atoms with E-state index in [-0.39, 0.29) is 12.6 Å². The van der Waals surface area contributed by atoms with Crippen LogP contribution in [0.3, 0.4) is 0 Å². The van der Waals surface area contributed by atoms with Crippen LogP contribution in [-0.4, -0.2) is 24.3 Å². The predicted molar refractivity (Wildman–Crippen MR) is 155 cm³/mol. The monoisotopic (exact) mass is 499 g/mol. The lowest BCUT2D eigenvalue weighted by Crippen LogP contribution is -2.05. The molecule has 0 unspecified atom stereocenters. The normalized spacial score (nSPS) is 10.7. The number of carbonyl (C=O) groups excluding carboxylic acids is 1. The second kappa shape index (κ2) is 35.6. The minimum Gasteiger partial charge on any atom is -0.466 e. The molecule has 0 spiro atoms. The van der Waals surface area contributed by atoms with Crippen molar-refractivity contribution < 1.29 is 14.6 Å². The van der Waals surface area contributed by atoms with Gasteiger partial charge in [0.25, 0.3) is 0 Å². The summed E-state index contributed by atoms with van der Waals surface area (Å²) in [7, 11) is 0. The molecule has 0 heterocycles. The van der Waals surface area contributed by atoms with Crippen molar-refractivity contribution in [3.8, 4) is 0 Å². The number of aliphatic hydroxyl groups excluding tert-OH is 1. The predicted octanol–water partition coefficient (Wildman–Crippen LogP) is 10.7. The van der Waals surface area contributed by atoms with Gasteiger partial charge in [-0.1, -0.05) is 162 Å². The van der Waals surface area contributed by atoms with Gasteiger partial charge in [0.2, 0.25) is 0 Å². The fourth-order valence-corrected chi connectivity index (χ4v) is 4.49. The lowest BCUT2D eigenvalue weighted by Gasteiger charge is -2.06. The summed E-state index contributed by atoms with van der Waals surface area (Å²) < 4.78 is 5.40. The van der Waals surface area contributed by atoms with Gasteiger partial charge in [-0.25, -0.2) is 0 Å². The Labute approximate surface area is 221 Å². The van der Waals surface area contributed by atoms with Crippen molar-refractivity contribution in [1.29, 1.82) is 0 Å². The number of rotatable bonds is 27. The second-order valence-electron chi connectivity index (χ2n) is 10.4. The molecule has 0 radical (unpaired) electrons. The van der Waals surface area contributed by atoms with Gasteiger partial charge in [-0.05, 0) is 19.8 Å². The number of ether oxygens (including phenoxy) is 1. The highest BCUT2D eigenvalue weighted by Gasteiger charge is 2.02. The highest BCUT2D eigenvalue weighted by atomic mass is 16.5. The first-order valence-corrected chi connectivity index (χ1v) is 16.0. The summed E-state index contributed by atoms with van der Waals surface area (Å²) in [5.41, 5.74) is 0. The van der Waals surface area contributed by atoms with Crippen LogP contribution in [0.25, 0.3) is 0 Å². The molecular weight excluding hydrogens is 432 g/mol. The van der Waals surface area contributed by atoms with E-state index in [0.29, 0.717) is 13.0 Å². The molecule has 0 bridgehead atoms. The average molecular weight is 499 g/mol. The number of hydrogen-bond donors (Lipinski definition) is 1. The zero-order valence-corrected chi connectivity index (χ0v) is 24.6. The molecule has 0 atom stereocenters. The summed E-state index contributed by atoms with van der Waals surface area (Å²) in [6.07, 6.45) is 34.2. The van der Waals surface area contributed by atoms with Crippen LogP contribution in [-0.2, 0) is 9.53 Å². The molecule has 0 aliphatic rings. The second-order valence-corrected chi connectivity index (χ2v) is 10.4. The van der Waals surface area contributed by atoms with Crippen LogP contribution in [0.4, 0.5) is 0 Å². The molecule has 0 saturated heterocycles. The first-order valence-electron chi connectivity index (χ1n) is 16.0. The quantitative estimate of drug-likeness (QED) is 0.0904. The molecular formula is C32H66O3. The van der Waals surface area contributed by atoms with Crippen molar-refractivity contribution in [3.05, 3.63) is 0 Å². The van der Waals surface area contributed by atoms with Gasteiger partial charge >= 0.3 is 5.97 Å². The van der Waals surface area contributed by atoms with Gasteiger partial charge in [0.15, 0.2) is 0 Å². The maximum Gasteiger partial charge on any atom is 0.305 e. The van der Waals surface area contributed by atoms with Crippen molar-refractivity contribution in [2.24, 2.45) is 0 Å². The van der Waals surface area contributed by atoms with E-state index in [1.165, 1.54) is 148 Å². The first kappa shape index (κ1) is 36.6. The Morgan fingerprint density at radius 1 is 0.457 bits per heavy atom. The summed E-state index contributed by atoms with van der Waals surface area (Å²) in [5.74, 6) is 0.0237. The zero-order chi connectivity index (χ0) is 26.1. The Morgan fingerprint density at radius 3 is 1.03 bits per heavy atom. The maximum absolute atomic E-state index is 11.8. The smallest absolute Gasteiger partial charge is 0.305 e. The summed E-state index contributed by atoms with van der Waals surface area (Å²) in [6.45, 7) is 7.12. The molecule has 35 heavy (non-hydrogen) atoms. The first-order chi connectivity index (χ1) is 17.2. The minimum atomic E-state index is 0.0237. The molecule has 0 rings (SSSR count). The highest BCUT2D eigenvalue weighted by molar-refractivity contribution is 5.69. The van der Waals surface area contributed by atoms with Crippen molar-refractivity contribution >= 4 is 5.97 Å². The highest BCUT2D eigenvalue weighted by Crippen LogP contribution is 2.14. The van der Waals surface area contributed by atoms with Gasteiger partial charge in [0, 0.05) is 13.0 Å². The molecule has 1 N–H and O–H groups in total. The number of carbonyl (C=O) groups is 1. The number of hydrogen-bond acceptors (Lipinski definition) is 3. The van der Waals surface area contributed by atoms with E-state index in [0.717, 1.165) is 12.8 Å². The van der Waals surface area contributed by atoms with E-state index >= 15 is 0 Å². The molecule has 0 saturated carbocycles. The van der Waals surface area contributed by atoms with E-state index in [1.54, 1.807) is 6.92 Å². The SMILES string of the molecule is CCCCCCCCCCCCCCCCOC(=O)CCCCCCCCCCCCC.CCO. The third kappa shape index (κ3) is 38.1. The molecule has 0 aliphatic carbocycles. The van der Waals surface area contributed by atoms with Crippen LogP contribution in [0.1, 0.15) is 188 Å². The molecule has 212 valence electrons. The zero-order valence-electron chi connectivity index (χ0n) is 24.6. The molecule has 0 aromatic heterocycles. The van der Waals surface area contributed by atoms with E-state index in [9.17, 15) is 4.79 Å². The Balaban J connectivity index is 0. The Bertz CT molecular complexity index is 370. The molecule has 3 nitrogen and oxygen atoms in total. The number of unbranched alkanes of at least 4 members (excludes halogenated alkanes) is 23. The van der Waals surface area contributed by atoms with Crippen LogP contribution < -0.4 is 0 Å². The summed E-state index contributed by atoms with van der Waals surface area (Å²) in [5, 5.41) is 7.57. The summed E-state index contributed by atoms with van der Waals surface area (Å²) >= 11 is 0. The molecule has 0 aliphatic heterocycles.